The number of carbonyl (C=O) groups is 1. The Morgan fingerprint density at radius 3 is 2.77 bits per heavy atom. The molecular formula is C18H28N4O3S. The molecule has 3 rings (SSSR count). The molecule has 1 saturated heterocycles. The first kappa shape index (κ1) is 19.4. The summed E-state index contributed by atoms with van der Waals surface area (Å²) in [6.45, 7) is 5.24. The molecule has 144 valence electrons. The SMILES string of the molecule is CNC(=O)CSc1nc(=O)n(CCCN2CCOCC2)c2c1CCCC2. The number of carbonyl (C=O) groups excluding carboxylic acids is 1. The van der Waals surface area contributed by atoms with Gasteiger partial charge in [-0.05, 0) is 32.1 Å². The molecule has 1 amide bonds. The van der Waals surface area contributed by atoms with Crippen LogP contribution >= 0.6 is 11.8 Å². The molecule has 0 atom stereocenters. The van der Waals surface area contributed by atoms with Crippen molar-refractivity contribution >= 4 is 17.7 Å². The number of nitrogens with one attached hydrogen (secondary N) is 1. The third-order valence-electron chi connectivity index (χ3n) is 5.03. The fraction of sp³-hybridized carbons (Fsp3) is 0.722. The number of amides is 1. The van der Waals surface area contributed by atoms with Crippen LogP contribution in [0.15, 0.2) is 9.82 Å². The summed E-state index contributed by atoms with van der Waals surface area (Å²) in [6, 6.07) is 0. The number of morpholine rings is 1. The first-order valence-corrected chi connectivity index (χ1v) is 10.4. The second-order valence-corrected chi connectivity index (χ2v) is 7.72. The Bertz CT molecular complexity index is 686. The van der Waals surface area contributed by atoms with Crippen molar-refractivity contribution in [2.24, 2.45) is 0 Å². The molecule has 1 fully saturated rings. The van der Waals surface area contributed by atoms with Crippen molar-refractivity contribution in [2.45, 2.75) is 43.7 Å². The summed E-state index contributed by atoms with van der Waals surface area (Å²) in [7, 11) is 1.62. The van der Waals surface area contributed by atoms with Crippen LogP contribution in [0, 0.1) is 0 Å². The van der Waals surface area contributed by atoms with Gasteiger partial charge in [-0.15, -0.1) is 0 Å². The van der Waals surface area contributed by atoms with Crippen LogP contribution in [-0.4, -0.2) is 66.0 Å². The Morgan fingerprint density at radius 1 is 1.23 bits per heavy atom. The fourth-order valence-electron chi connectivity index (χ4n) is 3.58. The van der Waals surface area contributed by atoms with E-state index in [1.54, 1.807) is 7.05 Å². The Hall–Kier alpha value is -1.38. The first-order valence-electron chi connectivity index (χ1n) is 9.45. The molecule has 2 aliphatic rings. The lowest BCUT2D eigenvalue weighted by Gasteiger charge is -2.27. The highest BCUT2D eigenvalue weighted by Crippen LogP contribution is 2.28. The van der Waals surface area contributed by atoms with E-state index in [0.29, 0.717) is 12.3 Å². The van der Waals surface area contributed by atoms with Crippen LogP contribution in [0.1, 0.15) is 30.5 Å². The summed E-state index contributed by atoms with van der Waals surface area (Å²) in [5.74, 6) is 0.257. The summed E-state index contributed by atoms with van der Waals surface area (Å²) < 4.78 is 7.26. The van der Waals surface area contributed by atoms with E-state index < -0.39 is 0 Å². The van der Waals surface area contributed by atoms with Crippen molar-refractivity contribution in [3.8, 4) is 0 Å². The predicted octanol–water partition coefficient (Wildman–Crippen LogP) is 0.683. The van der Waals surface area contributed by atoms with E-state index in [2.05, 4.69) is 15.2 Å². The molecule has 1 aromatic rings. The number of aromatic nitrogens is 2. The van der Waals surface area contributed by atoms with Gasteiger partial charge in [0.15, 0.2) is 0 Å². The fourth-order valence-corrected chi connectivity index (χ4v) is 4.53. The van der Waals surface area contributed by atoms with E-state index in [-0.39, 0.29) is 11.6 Å². The summed E-state index contributed by atoms with van der Waals surface area (Å²) in [4.78, 5) is 30.9. The van der Waals surface area contributed by atoms with Crippen LogP contribution in [-0.2, 0) is 28.9 Å². The monoisotopic (exact) mass is 380 g/mol. The minimum Gasteiger partial charge on any atom is -0.379 e. The molecule has 8 heteroatoms. The van der Waals surface area contributed by atoms with Crippen LogP contribution < -0.4 is 11.0 Å². The van der Waals surface area contributed by atoms with Crippen LogP contribution in [0.2, 0.25) is 0 Å². The Kier molecular flexibility index (Phi) is 7.10. The van der Waals surface area contributed by atoms with Gasteiger partial charge >= 0.3 is 5.69 Å². The van der Waals surface area contributed by atoms with E-state index in [0.717, 1.165) is 75.7 Å². The predicted molar refractivity (Wildman–Crippen MR) is 102 cm³/mol. The highest BCUT2D eigenvalue weighted by atomic mass is 32.2. The maximum atomic E-state index is 12.6. The molecule has 0 aromatic carbocycles. The van der Waals surface area contributed by atoms with Crippen LogP contribution in [0.25, 0.3) is 0 Å². The van der Waals surface area contributed by atoms with Gasteiger partial charge in [0.25, 0.3) is 0 Å². The molecule has 0 saturated carbocycles. The molecule has 1 aromatic heterocycles. The summed E-state index contributed by atoms with van der Waals surface area (Å²) in [5.41, 5.74) is 2.14. The molecule has 7 nitrogen and oxygen atoms in total. The summed E-state index contributed by atoms with van der Waals surface area (Å²) in [5, 5.41) is 3.36. The van der Waals surface area contributed by atoms with Gasteiger partial charge < -0.3 is 10.1 Å². The Balaban J connectivity index is 1.71. The average Bonchev–Trinajstić information content (AvgIpc) is 2.68. The van der Waals surface area contributed by atoms with Crippen molar-refractivity contribution in [3.63, 3.8) is 0 Å². The number of hydrogen-bond acceptors (Lipinski definition) is 6. The van der Waals surface area contributed by atoms with Crippen molar-refractivity contribution in [1.29, 1.82) is 0 Å². The molecule has 0 unspecified atom stereocenters. The minimum atomic E-state index is -0.174. The van der Waals surface area contributed by atoms with Crippen molar-refractivity contribution < 1.29 is 9.53 Å². The van der Waals surface area contributed by atoms with Gasteiger partial charge in [-0.2, -0.15) is 4.98 Å². The highest BCUT2D eigenvalue weighted by Gasteiger charge is 2.21. The lowest BCUT2D eigenvalue weighted by molar-refractivity contribution is -0.118. The van der Waals surface area contributed by atoms with Gasteiger partial charge in [-0.1, -0.05) is 11.8 Å². The molecule has 0 radical (unpaired) electrons. The smallest absolute Gasteiger partial charge is 0.348 e. The van der Waals surface area contributed by atoms with E-state index >= 15 is 0 Å². The van der Waals surface area contributed by atoms with Crippen LogP contribution in [0.3, 0.4) is 0 Å². The third-order valence-corrected chi connectivity index (χ3v) is 6.05. The van der Waals surface area contributed by atoms with Crippen LogP contribution in [0.4, 0.5) is 0 Å². The number of ether oxygens (including phenoxy) is 1. The topological polar surface area (TPSA) is 76.5 Å². The molecule has 1 aliphatic heterocycles. The molecule has 1 N–H and O–H groups in total. The molecule has 2 heterocycles. The quantitative estimate of drug-likeness (QED) is 0.554. The zero-order valence-electron chi connectivity index (χ0n) is 15.5. The molecule has 1 aliphatic carbocycles. The normalized spacial score (nSPS) is 17.7. The zero-order valence-corrected chi connectivity index (χ0v) is 16.3. The second-order valence-electron chi connectivity index (χ2n) is 6.75. The summed E-state index contributed by atoms with van der Waals surface area (Å²) in [6.07, 6.45) is 5.05. The van der Waals surface area contributed by atoms with Gasteiger partial charge in [0, 0.05) is 44.5 Å². The highest BCUT2D eigenvalue weighted by molar-refractivity contribution is 7.99. The maximum Gasteiger partial charge on any atom is 0.348 e. The summed E-state index contributed by atoms with van der Waals surface area (Å²) >= 11 is 1.38. The van der Waals surface area contributed by atoms with Crippen molar-refractivity contribution in [3.05, 3.63) is 21.7 Å². The molecule has 26 heavy (non-hydrogen) atoms. The number of nitrogens with zero attached hydrogens (tertiary/aromatic N) is 3. The lowest BCUT2D eigenvalue weighted by Crippen LogP contribution is -2.38. The largest absolute Gasteiger partial charge is 0.379 e. The Labute approximate surface area is 158 Å². The lowest BCUT2D eigenvalue weighted by atomic mass is 9.97. The van der Waals surface area contributed by atoms with Crippen molar-refractivity contribution in [2.75, 3.05) is 45.6 Å². The van der Waals surface area contributed by atoms with Gasteiger partial charge in [0.1, 0.15) is 5.03 Å². The van der Waals surface area contributed by atoms with E-state index in [9.17, 15) is 9.59 Å². The van der Waals surface area contributed by atoms with Gasteiger partial charge in [0.05, 0.1) is 19.0 Å². The standard InChI is InChI=1S/C18H28N4O3S/c1-19-16(23)13-26-17-14-5-2-3-6-15(14)22(18(24)20-17)8-4-7-21-9-11-25-12-10-21/h2-13H2,1H3,(H,19,23). The van der Waals surface area contributed by atoms with E-state index in [1.165, 1.54) is 17.3 Å². The third kappa shape index (κ3) is 4.86. The van der Waals surface area contributed by atoms with Gasteiger partial charge in [-0.3, -0.25) is 14.3 Å². The second kappa shape index (κ2) is 9.53. The molecule has 0 spiro atoms. The molecule has 0 bridgehead atoms. The minimum absolute atomic E-state index is 0.0453. The zero-order chi connectivity index (χ0) is 18.4. The number of fused-ring (bicyclic) bond motifs is 1. The number of hydrogen-bond donors (Lipinski definition) is 1. The average molecular weight is 381 g/mol. The molecular weight excluding hydrogens is 352 g/mol. The number of rotatable bonds is 7. The van der Waals surface area contributed by atoms with Crippen LogP contribution in [0.5, 0.6) is 0 Å². The van der Waals surface area contributed by atoms with Gasteiger partial charge in [-0.25, -0.2) is 4.79 Å². The Morgan fingerprint density at radius 2 is 2.00 bits per heavy atom. The van der Waals surface area contributed by atoms with E-state index in [1.807, 2.05) is 4.57 Å². The van der Waals surface area contributed by atoms with E-state index in [4.69, 9.17) is 4.74 Å². The van der Waals surface area contributed by atoms with Crippen molar-refractivity contribution in [1.82, 2.24) is 19.8 Å². The van der Waals surface area contributed by atoms with Gasteiger partial charge in [0.2, 0.25) is 5.91 Å². The first-order chi connectivity index (χ1) is 12.7. The maximum absolute atomic E-state index is 12.6. The number of thioether (sulfide) groups is 1.